The summed E-state index contributed by atoms with van der Waals surface area (Å²) in [5.74, 6) is -4.47. The second-order valence-electron chi connectivity index (χ2n) is 14.2. The molecule has 4 heterocycles. The van der Waals surface area contributed by atoms with Crippen LogP contribution in [0.3, 0.4) is 0 Å². The van der Waals surface area contributed by atoms with E-state index in [9.17, 15) is 27.6 Å². The Morgan fingerprint density at radius 1 is 1.08 bits per heavy atom. The molecule has 0 saturated carbocycles. The monoisotopic (exact) mass is 727 g/mol. The molecule has 1 spiro atoms. The van der Waals surface area contributed by atoms with E-state index in [2.05, 4.69) is 35.6 Å². The van der Waals surface area contributed by atoms with Crippen LogP contribution in [-0.4, -0.2) is 57.3 Å². The van der Waals surface area contributed by atoms with Crippen LogP contribution >= 0.6 is 0 Å². The van der Waals surface area contributed by atoms with Crippen molar-refractivity contribution < 1.29 is 32.3 Å². The minimum Gasteiger partial charge on any atom is -0.483 e. The lowest BCUT2D eigenvalue weighted by atomic mass is 9.85. The summed E-state index contributed by atoms with van der Waals surface area (Å²) in [5.41, 5.74) is 1.37. The van der Waals surface area contributed by atoms with Crippen LogP contribution in [0.4, 0.5) is 13.2 Å². The van der Waals surface area contributed by atoms with Crippen LogP contribution in [0.1, 0.15) is 80.9 Å². The van der Waals surface area contributed by atoms with Gasteiger partial charge in [-0.1, -0.05) is 59.3 Å². The highest BCUT2D eigenvalue weighted by Crippen LogP contribution is 2.46. The number of aromatic nitrogens is 1. The second kappa shape index (κ2) is 14.1. The number of fused-ring (bicyclic) bond motifs is 5. The van der Waals surface area contributed by atoms with Crippen molar-refractivity contribution >= 4 is 17.6 Å². The first-order valence-electron chi connectivity index (χ1n) is 17.6. The standard InChI is InChI=1S/C40H40F3N5O5/c1-23-10-11-27(24(2)14-23)19-46(4)34-17-40(53-45-34)13-12-25(3)47-21-33(40)48-20-30(38(50)44-18-29-31(42)15-28(41)16-32(29)43)36(49)37(35(48)39(47)51)52-22-26-8-6-5-7-9-26/h5-11,14-16,20,25,33H,12-13,17-19,21-22H2,1-4H3,(H,44,50)/t25-,33+,40-/m0/s1. The molecule has 1 saturated heterocycles. The van der Waals surface area contributed by atoms with E-state index in [1.807, 2.05) is 44.0 Å². The lowest BCUT2D eigenvalue weighted by Crippen LogP contribution is -2.52. The normalized spacial score (nSPS) is 20.4. The van der Waals surface area contributed by atoms with Gasteiger partial charge in [0.1, 0.15) is 35.5 Å². The summed E-state index contributed by atoms with van der Waals surface area (Å²) >= 11 is 0. The number of rotatable bonds is 8. The molecule has 4 aromatic rings. The van der Waals surface area contributed by atoms with E-state index in [1.165, 1.54) is 11.8 Å². The number of carbonyl (C=O) groups excluding carboxylic acids is 2. The molecule has 276 valence electrons. The number of ether oxygens (including phenoxy) is 1. The molecule has 3 aliphatic rings. The molecule has 0 aliphatic carbocycles. The molecule has 2 amide bonds. The van der Waals surface area contributed by atoms with Gasteiger partial charge in [0.2, 0.25) is 5.43 Å². The van der Waals surface area contributed by atoms with Crippen molar-refractivity contribution in [1.29, 1.82) is 0 Å². The van der Waals surface area contributed by atoms with Crippen LogP contribution < -0.4 is 15.5 Å². The number of amides is 2. The summed E-state index contributed by atoms with van der Waals surface area (Å²) in [5, 5.41) is 6.98. The van der Waals surface area contributed by atoms with Crippen molar-refractivity contribution in [3.05, 3.63) is 134 Å². The summed E-state index contributed by atoms with van der Waals surface area (Å²) in [7, 11) is 1.95. The third kappa shape index (κ3) is 6.75. The maximum absolute atomic E-state index is 14.5. The van der Waals surface area contributed by atoms with Gasteiger partial charge in [0.15, 0.2) is 17.0 Å². The number of hydrogen-bond donors (Lipinski definition) is 1. The molecule has 2 bridgehead atoms. The minimum atomic E-state index is -1.19. The fourth-order valence-electron chi connectivity index (χ4n) is 7.52. The SMILES string of the molecule is Cc1ccc(CN(C)C2=NO[C@@]3(CC[C@H](C)N4C[C@H]3n3cc(C(=O)NCc5c(F)cc(F)cc5F)c(=O)c(OCc5ccccc5)c3C4=O)C2)c(C)c1. The number of benzene rings is 3. The van der Waals surface area contributed by atoms with Crippen molar-refractivity contribution in [2.45, 2.75) is 77.4 Å². The molecule has 1 fully saturated rings. The largest absolute Gasteiger partial charge is 0.483 e. The zero-order valence-corrected chi connectivity index (χ0v) is 29.9. The van der Waals surface area contributed by atoms with Crippen LogP contribution in [-0.2, 0) is 24.5 Å². The lowest BCUT2D eigenvalue weighted by molar-refractivity contribution is -0.0656. The summed E-state index contributed by atoms with van der Waals surface area (Å²) in [6, 6.07) is 15.6. The highest BCUT2D eigenvalue weighted by atomic mass is 19.1. The van der Waals surface area contributed by atoms with Crippen molar-refractivity contribution in [2.24, 2.45) is 5.16 Å². The average Bonchev–Trinajstić information content (AvgIpc) is 3.51. The minimum absolute atomic E-state index is 0.0248. The number of hydrogen-bond acceptors (Lipinski definition) is 7. The van der Waals surface area contributed by atoms with E-state index >= 15 is 0 Å². The third-order valence-electron chi connectivity index (χ3n) is 10.6. The number of nitrogens with zero attached hydrogens (tertiary/aromatic N) is 4. The Bertz CT molecular complexity index is 2170. The molecule has 3 aromatic carbocycles. The van der Waals surface area contributed by atoms with Crippen molar-refractivity contribution in [1.82, 2.24) is 19.7 Å². The topological polar surface area (TPSA) is 105 Å². The van der Waals surface area contributed by atoms with Gasteiger partial charge in [0, 0.05) is 56.6 Å². The van der Waals surface area contributed by atoms with E-state index in [1.54, 1.807) is 21.6 Å². The maximum Gasteiger partial charge on any atom is 0.274 e. The fraction of sp³-hybridized carbons (Fsp3) is 0.350. The number of amidine groups is 1. The quantitative estimate of drug-likeness (QED) is 0.233. The summed E-state index contributed by atoms with van der Waals surface area (Å²) in [6.07, 6.45) is 2.80. The second-order valence-corrected chi connectivity index (χ2v) is 14.2. The zero-order chi connectivity index (χ0) is 37.6. The van der Waals surface area contributed by atoms with Gasteiger partial charge >= 0.3 is 0 Å². The van der Waals surface area contributed by atoms with Crippen LogP contribution in [0, 0.1) is 31.3 Å². The molecule has 0 radical (unpaired) electrons. The van der Waals surface area contributed by atoms with Crippen molar-refractivity contribution in [3.8, 4) is 5.75 Å². The Morgan fingerprint density at radius 2 is 1.81 bits per heavy atom. The van der Waals surface area contributed by atoms with Gasteiger partial charge in [-0.05, 0) is 50.3 Å². The Morgan fingerprint density at radius 3 is 2.53 bits per heavy atom. The number of carbonyl (C=O) groups is 2. The van der Waals surface area contributed by atoms with Gasteiger partial charge < -0.3 is 29.3 Å². The molecule has 7 rings (SSSR count). The smallest absolute Gasteiger partial charge is 0.274 e. The Balaban J connectivity index is 1.27. The highest BCUT2D eigenvalue weighted by Gasteiger charge is 2.55. The lowest BCUT2D eigenvalue weighted by Gasteiger charge is -2.42. The van der Waals surface area contributed by atoms with Crippen LogP contribution in [0.2, 0.25) is 0 Å². The third-order valence-corrected chi connectivity index (χ3v) is 10.6. The molecule has 0 unspecified atom stereocenters. The number of pyridine rings is 1. The van der Waals surface area contributed by atoms with E-state index in [0.29, 0.717) is 43.8 Å². The van der Waals surface area contributed by atoms with Crippen molar-refractivity contribution in [3.63, 3.8) is 0 Å². The first-order chi connectivity index (χ1) is 25.3. The number of oxime groups is 1. The average molecular weight is 728 g/mol. The Labute approximate surface area is 304 Å². The maximum atomic E-state index is 14.5. The molecule has 53 heavy (non-hydrogen) atoms. The molecule has 13 heteroatoms. The summed E-state index contributed by atoms with van der Waals surface area (Å²) < 4.78 is 50.2. The molecule has 3 aliphatic heterocycles. The molecule has 1 N–H and O–H groups in total. The molecular weight excluding hydrogens is 687 g/mol. The first kappa shape index (κ1) is 35.8. The molecule has 3 atom stereocenters. The predicted molar refractivity (Wildman–Crippen MR) is 191 cm³/mol. The van der Waals surface area contributed by atoms with Crippen LogP contribution in [0.5, 0.6) is 5.75 Å². The molecule has 10 nitrogen and oxygen atoms in total. The predicted octanol–water partition coefficient (Wildman–Crippen LogP) is 6.18. The Kier molecular flexibility index (Phi) is 9.52. The highest BCUT2D eigenvalue weighted by molar-refractivity contribution is 5.99. The van der Waals surface area contributed by atoms with E-state index < -0.39 is 64.0 Å². The van der Waals surface area contributed by atoms with Crippen LogP contribution in [0.25, 0.3) is 0 Å². The number of nitrogens with one attached hydrogen (secondary N) is 1. The van der Waals surface area contributed by atoms with Gasteiger partial charge in [-0.15, -0.1) is 0 Å². The molecule has 1 aromatic heterocycles. The first-order valence-corrected chi connectivity index (χ1v) is 17.6. The molecular formula is C40H40F3N5O5. The van der Waals surface area contributed by atoms with E-state index in [-0.39, 0.29) is 30.6 Å². The van der Waals surface area contributed by atoms with Crippen molar-refractivity contribution in [2.75, 3.05) is 13.6 Å². The fourth-order valence-corrected chi connectivity index (χ4v) is 7.52. The Hall–Kier alpha value is -5.59. The van der Waals surface area contributed by atoms with Crippen LogP contribution in [0.15, 0.2) is 76.8 Å². The van der Waals surface area contributed by atoms with Gasteiger partial charge in [-0.25, -0.2) is 13.2 Å². The van der Waals surface area contributed by atoms with Gasteiger partial charge in [0.25, 0.3) is 11.8 Å². The zero-order valence-electron chi connectivity index (χ0n) is 29.9. The van der Waals surface area contributed by atoms with E-state index in [4.69, 9.17) is 9.57 Å². The van der Waals surface area contributed by atoms with Gasteiger partial charge in [-0.3, -0.25) is 14.4 Å². The van der Waals surface area contributed by atoms with Gasteiger partial charge in [0.05, 0.1) is 12.5 Å². The summed E-state index contributed by atoms with van der Waals surface area (Å²) in [4.78, 5) is 52.4. The van der Waals surface area contributed by atoms with Gasteiger partial charge in [-0.2, -0.15) is 0 Å². The number of aryl methyl sites for hydroxylation is 2. The van der Waals surface area contributed by atoms with E-state index in [0.717, 1.165) is 16.7 Å². The number of halogens is 3. The summed E-state index contributed by atoms with van der Waals surface area (Å²) in [6.45, 7) is 6.13.